The number of carbonyl (C=O) groups is 1. The Bertz CT molecular complexity index is 1180. The molecule has 3 N–H and O–H groups in total. The maximum Gasteiger partial charge on any atom is 0.227 e. The van der Waals surface area contributed by atoms with Crippen LogP contribution in [-0.2, 0) is 4.79 Å². The molecule has 9 heteroatoms. The number of rotatable bonds is 6. The van der Waals surface area contributed by atoms with Crippen LogP contribution in [0.1, 0.15) is 18.5 Å². The maximum absolute atomic E-state index is 11.3. The highest BCUT2D eigenvalue weighted by atomic mass is 35.5. The molecule has 0 saturated carbocycles. The number of halogens is 1. The molecule has 0 spiro atoms. The number of amides is 1. The van der Waals surface area contributed by atoms with Gasteiger partial charge in [-0.15, -0.1) is 0 Å². The number of nitrogens with one attached hydrogen (secondary N) is 1. The highest BCUT2D eigenvalue weighted by Gasteiger charge is 2.17. The summed E-state index contributed by atoms with van der Waals surface area (Å²) in [6.07, 6.45) is 3.36. The Hall–Kier alpha value is -2.84. The lowest BCUT2D eigenvalue weighted by atomic mass is 10.1. The minimum atomic E-state index is -0.400. The van der Waals surface area contributed by atoms with E-state index in [0.29, 0.717) is 21.4 Å². The zero-order valence-corrected chi connectivity index (χ0v) is 16.5. The number of nitrogens with zero attached hydrogens (tertiary/aromatic N) is 4. The second-order valence-electron chi connectivity index (χ2n) is 6.26. The minimum absolute atomic E-state index is 0.125. The van der Waals surface area contributed by atoms with Crippen LogP contribution in [0.3, 0.4) is 0 Å². The number of carbonyl (C=O) groups excluding carboxylic acids is 1. The number of primary amides is 1. The van der Waals surface area contributed by atoms with Gasteiger partial charge in [-0.2, -0.15) is 5.10 Å². The van der Waals surface area contributed by atoms with E-state index in [1.54, 1.807) is 10.6 Å². The van der Waals surface area contributed by atoms with Crippen LogP contribution < -0.4 is 11.1 Å². The number of fused-ring (bicyclic) bond motifs is 2. The predicted octanol–water partition coefficient (Wildman–Crippen LogP) is 3.68. The molecular weight excluding hydrogens is 396 g/mol. The number of pyridine rings is 1. The van der Waals surface area contributed by atoms with Gasteiger partial charge >= 0.3 is 0 Å². The van der Waals surface area contributed by atoms with Crippen molar-refractivity contribution in [3.05, 3.63) is 59.5 Å². The van der Waals surface area contributed by atoms with Gasteiger partial charge < -0.3 is 11.1 Å². The van der Waals surface area contributed by atoms with Crippen LogP contribution in [0.2, 0.25) is 5.02 Å². The lowest BCUT2D eigenvalue weighted by Gasteiger charge is -2.19. The van der Waals surface area contributed by atoms with E-state index in [-0.39, 0.29) is 11.8 Å². The first-order chi connectivity index (χ1) is 13.5. The van der Waals surface area contributed by atoms with Crippen molar-refractivity contribution in [3.63, 3.8) is 0 Å². The zero-order valence-electron chi connectivity index (χ0n) is 15.0. The van der Waals surface area contributed by atoms with Crippen LogP contribution >= 0.6 is 23.4 Å². The predicted molar refractivity (Wildman–Crippen MR) is 112 cm³/mol. The Labute approximate surface area is 170 Å². The van der Waals surface area contributed by atoms with Crippen LogP contribution in [0, 0.1) is 0 Å². The number of hydrogen-bond acceptors (Lipinski definition) is 6. The maximum atomic E-state index is 11.3. The molecule has 142 valence electrons. The summed E-state index contributed by atoms with van der Waals surface area (Å²) in [6.45, 7) is 2.02. The van der Waals surface area contributed by atoms with Crippen molar-refractivity contribution in [2.24, 2.45) is 5.73 Å². The van der Waals surface area contributed by atoms with Gasteiger partial charge in [0, 0.05) is 17.1 Å². The first kappa shape index (κ1) is 18.5. The molecule has 0 aliphatic carbocycles. The average molecular weight is 413 g/mol. The zero-order chi connectivity index (χ0) is 19.7. The Balaban J connectivity index is 1.75. The summed E-state index contributed by atoms with van der Waals surface area (Å²) in [5.74, 6) is 0.451. The number of aromatic nitrogens is 4. The van der Waals surface area contributed by atoms with E-state index in [9.17, 15) is 4.79 Å². The van der Waals surface area contributed by atoms with Crippen molar-refractivity contribution in [2.45, 2.75) is 18.0 Å². The van der Waals surface area contributed by atoms with Crippen LogP contribution in [0.5, 0.6) is 0 Å². The minimum Gasteiger partial charge on any atom is -0.369 e. The van der Waals surface area contributed by atoms with Gasteiger partial charge in [-0.1, -0.05) is 35.5 Å². The average Bonchev–Trinajstić information content (AvgIpc) is 3.16. The van der Waals surface area contributed by atoms with Crippen LogP contribution in [0.4, 0.5) is 5.82 Å². The number of anilines is 1. The normalized spacial score (nSPS) is 12.4. The number of para-hydroxylation sites is 1. The molecule has 1 aromatic carbocycles. The number of hydrogen-bond donors (Lipinski definition) is 2. The van der Waals surface area contributed by atoms with Crippen molar-refractivity contribution >= 4 is 51.5 Å². The number of nitrogens with two attached hydrogens (primary N) is 1. The third kappa shape index (κ3) is 3.61. The summed E-state index contributed by atoms with van der Waals surface area (Å²) >= 11 is 7.61. The Morgan fingerprint density at radius 3 is 3.04 bits per heavy atom. The van der Waals surface area contributed by atoms with E-state index in [1.165, 1.54) is 18.1 Å². The van der Waals surface area contributed by atoms with E-state index in [0.717, 1.165) is 16.5 Å². The Kier molecular flexibility index (Phi) is 5.06. The second-order valence-corrected chi connectivity index (χ2v) is 7.63. The molecule has 4 rings (SSSR count). The van der Waals surface area contributed by atoms with Crippen molar-refractivity contribution in [3.8, 4) is 0 Å². The van der Waals surface area contributed by atoms with Gasteiger partial charge in [0.1, 0.15) is 16.9 Å². The summed E-state index contributed by atoms with van der Waals surface area (Å²) < 4.78 is 1.75. The fraction of sp³-hybridized carbons (Fsp3) is 0.158. The first-order valence-electron chi connectivity index (χ1n) is 8.58. The van der Waals surface area contributed by atoms with Gasteiger partial charge in [-0.25, -0.2) is 14.5 Å². The van der Waals surface area contributed by atoms with E-state index in [2.05, 4.69) is 15.4 Å². The van der Waals surface area contributed by atoms with E-state index in [1.807, 2.05) is 43.5 Å². The molecule has 3 aromatic heterocycles. The van der Waals surface area contributed by atoms with E-state index < -0.39 is 5.91 Å². The molecule has 4 aromatic rings. The van der Waals surface area contributed by atoms with Gasteiger partial charge in [0.05, 0.1) is 22.3 Å². The molecule has 0 fully saturated rings. The van der Waals surface area contributed by atoms with Gasteiger partial charge in [0.15, 0.2) is 5.82 Å². The second kappa shape index (κ2) is 7.65. The van der Waals surface area contributed by atoms with E-state index in [4.69, 9.17) is 22.3 Å². The fourth-order valence-electron chi connectivity index (χ4n) is 2.99. The molecule has 0 radical (unpaired) electrons. The molecule has 1 atom stereocenters. The molecule has 28 heavy (non-hydrogen) atoms. The Morgan fingerprint density at radius 1 is 1.36 bits per heavy atom. The molecule has 3 heterocycles. The van der Waals surface area contributed by atoms with Crippen molar-refractivity contribution < 1.29 is 4.79 Å². The molecule has 0 unspecified atom stereocenters. The topological polar surface area (TPSA) is 98.2 Å². The molecule has 0 aliphatic heterocycles. The third-order valence-electron chi connectivity index (χ3n) is 4.29. The number of benzene rings is 1. The highest BCUT2D eigenvalue weighted by Crippen LogP contribution is 2.33. The quantitative estimate of drug-likeness (QED) is 0.469. The molecule has 0 aliphatic rings. The standard InChI is InChI=1S/C19H17ClN6OS/c1-11(24-18-15-6-3-7-26(15)23-10-22-18)13-8-12-4-2-5-14(20)17(12)25-19(13)28-9-16(21)27/h2-8,10-11H,9H2,1H3,(H2,21,27)(H,22,23,24)/t11-/m0/s1. The van der Waals surface area contributed by atoms with Crippen molar-refractivity contribution in [1.82, 2.24) is 19.6 Å². The molecule has 0 bridgehead atoms. The summed E-state index contributed by atoms with van der Waals surface area (Å²) in [5.41, 5.74) is 7.84. The van der Waals surface area contributed by atoms with E-state index >= 15 is 0 Å². The van der Waals surface area contributed by atoms with Gasteiger partial charge in [0.2, 0.25) is 5.91 Å². The smallest absolute Gasteiger partial charge is 0.227 e. The Morgan fingerprint density at radius 2 is 2.21 bits per heavy atom. The lowest BCUT2D eigenvalue weighted by Crippen LogP contribution is -2.15. The van der Waals surface area contributed by atoms with Gasteiger partial charge in [0.25, 0.3) is 0 Å². The van der Waals surface area contributed by atoms with Crippen molar-refractivity contribution in [1.29, 1.82) is 0 Å². The molecular formula is C19H17ClN6OS. The summed E-state index contributed by atoms with van der Waals surface area (Å²) in [7, 11) is 0. The third-order valence-corrected chi connectivity index (χ3v) is 5.63. The monoisotopic (exact) mass is 412 g/mol. The van der Waals surface area contributed by atoms with Crippen molar-refractivity contribution in [2.75, 3.05) is 11.1 Å². The van der Waals surface area contributed by atoms with Crippen LogP contribution in [-0.4, -0.2) is 31.2 Å². The first-order valence-corrected chi connectivity index (χ1v) is 9.94. The summed E-state index contributed by atoms with van der Waals surface area (Å²) in [4.78, 5) is 20.4. The summed E-state index contributed by atoms with van der Waals surface area (Å²) in [6, 6.07) is 11.4. The fourth-order valence-corrected chi connectivity index (χ4v) is 4.05. The van der Waals surface area contributed by atoms with Crippen LogP contribution in [0.25, 0.3) is 16.4 Å². The molecule has 0 saturated heterocycles. The largest absolute Gasteiger partial charge is 0.369 e. The van der Waals surface area contributed by atoms with Gasteiger partial charge in [-0.05, 0) is 31.2 Å². The number of thioether (sulfide) groups is 1. The van der Waals surface area contributed by atoms with Crippen LogP contribution in [0.15, 0.2) is 53.9 Å². The van der Waals surface area contributed by atoms with Gasteiger partial charge in [-0.3, -0.25) is 4.79 Å². The molecule has 7 nitrogen and oxygen atoms in total. The highest BCUT2D eigenvalue weighted by molar-refractivity contribution is 7.99. The summed E-state index contributed by atoms with van der Waals surface area (Å²) in [5, 5.41) is 9.80. The lowest BCUT2D eigenvalue weighted by molar-refractivity contribution is -0.115. The molecule has 1 amide bonds. The SMILES string of the molecule is C[C@H](Nc1ncnn2cccc12)c1cc2cccc(Cl)c2nc1SCC(N)=O.